The molecule has 3 aromatic carbocycles. The molecule has 0 atom stereocenters. The minimum Gasteiger partial charge on any atom is -0.326 e. The number of amides is 2. The predicted molar refractivity (Wildman–Crippen MR) is 127 cm³/mol. The number of anilines is 2. The van der Waals surface area contributed by atoms with Crippen molar-refractivity contribution in [2.24, 2.45) is 0 Å². The average molecular weight is 428 g/mol. The number of fused-ring (bicyclic) bond motifs is 1. The summed E-state index contributed by atoms with van der Waals surface area (Å²) < 4.78 is 1.19. The number of rotatable bonds is 6. The number of nitrogens with one attached hydrogen (secondary N) is 2. The van der Waals surface area contributed by atoms with Gasteiger partial charge in [-0.05, 0) is 53.6 Å². The van der Waals surface area contributed by atoms with Crippen molar-refractivity contribution in [2.75, 3.05) is 10.6 Å². The van der Waals surface area contributed by atoms with Gasteiger partial charge >= 0.3 is 0 Å². The maximum absolute atomic E-state index is 12.2. The Hall–Kier alpha value is -3.77. The fourth-order valence-corrected chi connectivity index (χ4v) is 4.11. The van der Waals surface area contributed by atoms with Crippen LogP contribution in [-0.2, 0) is 16.0 Å². The Kier molecular flexibility index (Phi) is 6.19. The molecular weight excluding hydrogens is 406 g/mol. The van der Waals surface area contributed by atoms with Crippen LogP contribution in [0.3, 0.4) is 0 Å². The van der Waals surface area contributed by atoms with E-state index in [1.54, 1.807) is 29.5 Å². The van der Waals surface area contributed by atoms with Crippen LogP contribution in [0.4, 0.5) is 11.4 Å². The van der Waals surface area contributed by atoms with Gasteiger partial charge in [-0.1, -0.05) is 36.4 Å². The molecule has 0 fully saturated rings. The van der Waals surface area contributed by atoms with E-state index in [4.69, 9.17) is 0 Å². The highest BCUT2D eigenvalue weighted by Crippen LogP contribution is 2.24. The lowest BCUT2D eigenvalue weighted by atomic mass is 10.1. The quantitative estimate of drug-likeness (QED) is 0.399. The zero-order chi connectivity index (χ0) is 21.6. The highest BCUT2D eigenvalue weighted by Gasteiger charge is 2.05. The summed E-state index contributed by atoms with van der Waals surface area (Å²) in [6, 6.07) is 23.2. The van der Waals surface area contributed by atoms with Gasteiger partial charge in [0.25, 0.3) is 0 Å². The van der Waals surface area contributed by atoms with Gasteiger partial charge < -0.3 is 10.6 Å². The van der Waals surface area contributed by atoms with Crippen LogP contribution in [0.2, 0.25) is 0 Å². The van der Waals surface area contributed by atoms with Gasteiger partial charge in [0, 0.05) is 30.8 Å². The largest absolute Gasteiger partial charge is 0.326 e. The number of para-hydroxylation sites is 1. The zero-order valence-electron chi connectivity index (χ0n) is 17.0. The molecule has 0 saturated heterocycles. The standard InChI is InChI=1S/C25H21N3O2S/c1-17(29)26-20-11-6-18(7-12-20)10-15-24(30)27-21-13-8-19(9-14-21)16-25-28-22-4-2-3-5-23(22)31-25/h2-15H,16H2,1H3,(H,26,29)(H,27,30)/b15-10+. The molecule has 0 bridgehead atoms. The minimum absolute atomic E-state index is 0.117. The van der Waals surface area contributed by atoms with Crippen molar-refractivity contribution >= 4 is 50.8 Å². The third-order valence-corrected chi connectivity index (χ3v) is 5.61. The Bertz CT molecular complexity index is 1210. The monoisotopic (exact) mass is 427 g/mol. The molecule has 2 N–H and O–H groups in total. The Morgan fingerprint density at radius 1 is 0.903 bits per heavy atom. The van der Waals surface area contributed by atoms with Crippen LogP contribution in [-0.4, -0.2) is 16.8 Å². The predicted octanol–water partition coefficient (Wildman–Crippen LogP) is 5.50. The van der Waals surface area contributed by atoms with Gasteiger partial charge in [0.1, 0.15) is 0 Å². The fraction of sp³-hybridized carbons (Fsp3) is 0.0800. The van der Waals surface area contributed by atoms with E-state index in [0.717, 1.165) is 39.4 Å². The van der Waals surface area contributed by atoms with Crippen molar-refractivity contribution in [3.8, 4) is 0 Å². The number of hydrogen-bond donors (Lipinski definition) is 2. The van der Waals surface area contributed by atoms with Gasteiger partial charge in [0.05, 0.1) is 15.2 Å². The highest BCUT2D eigenvalue weighted by molar-refractivity contribution is 7.18. The molecule has 0 aliphatic heterocycles. The number of carbonyl (C=O) groups is 2. The molecule has 0 saturated carbocycles. The molecule has 6 heteroatoms. The number of benzene rings is 3. The second kappa shape index (κ2) is 9.36. The second-order valence-electron chi connectivity index (χ2n) is 7.07. The molecule has 31 heavy (non-hydrogen) atoms. The fourth-order valence-electron chi connectivity index (χ4n) is 3.11. The normalized spacial score (nSPS) is 11.0. The first-order chi connectivity index (χ1) is 15.0. The number of aromatic nitrogens is 1. The van der Waals surface area contributed by atoms with Crippen molar-refractivity contribution in [2.45, 2.75) is 13.3 Å². The van der Waals surface area contributed by atoms with Crippen LogP contribution in [0, 0.1) is 0 Å². The molecule has 0 unspecified atom stereocenters. The van der Waals surface area contributed by atoms with Gasteiger partial charge in [-0.3, -0.25) is 9.59 Å². The molecular formula is C25H21N3O2S. The molecule has 0 aliphatic carbocycles. The molecule has 1 aromatic heterocycles. The Morgan fingerprint density at radius 3 is 2.29 bits per heavy atom. The van der Waals surface area contributed by atoms with E-state index in [0.29, 0.717) is 0 Å². The van der Waals surface area contributed by atoms with Crippen LogP contribution in [0.5, 0.6) is 0 Å². The van der Waals surface area contributed by atoms with Gasteiger partial charge in [0.15, 0.2) is 0 Å². The third kappa shape index (κ3) is 5.65. The van der Waals surface area contributed by atoms with E-state index in [2.05, 4.69) is 21.7 Å². The smallest absolute Gasteiger partial charge is 0.248 e. The molecule has 0 radical (unpaired) electrons. The van der Waals surface area contributed by atoms with Crippen LogP contribution in [0.15, 0.2) is 78.9 Å². The summed E-state index contributed by atoms with van der Waals surface area (Å²) in [5.41, 5.74) is 4.51. The van der Waals surface area contributed by atoms with E-state index < -0.39 is 0 Å². The molecule has 0 aliphatic rings. The lowest BCUT2D eigenvalue weighted by Gasteiger charge is -2.04. The number of thiazole rings is 1. The van der Waals surface area contributed by atoms with Crippen LogP contribution < -0.4 is 10.6 Å². The maximum atomic E-state index is 12.2. The summed E-state index contributed by atoms with van der Waals surface area (Å²) in [7, 11) is 0. The van der Waals surface area contributed by atoms with Crippen LogP contribution in [0.25, 0.3) is 16.3 Å². The average Bonchev–Trinajstić information content (AvgIpc) is 3.16. The minimum atomic E-state index is -0.204. The molecule has 1 heterocycles. The lowest BCUT2D eigenvalue weighted by molar-refractivity contribution is -0.114. The Labute approximate surface area is 184 Å². The molecule has 2 amide bonds. The highest BCUT2D eigenvalue weighted by atomic mass is 32.1. The van der Waals surface area contributed by atoms with E-state index in [9.17, 15) is 9.59 Å². The summed E-state index contributed by atoms with van der Waals surface area (Å²) in [5.74, 6) is -0.321. The van der Waals surface area contributed by atoms with Crippen LogP contribution >= 0.6 is 11.3 Å². The third-order valence-electron chi connectivity index (χ3n) is 4.57. The van der Waals surface area contributed by atoms with Crippen molar-refractivity contribution in [1.82, 2.24) is 4.98 Å². The van der Waals surface area contributed by atoms with E-state index in [-0.39, 0.29) is 11.8 Å². The summed E-state index contributed by atoms with van der Waals surface area (Å²) in [6.45, 7) is 1.46. The van der Waals surface area contributed by atoms with Gasteiger partial charge in [0.2, 0.25) is 11.8 Å². The molecule has 0 spiro atoms. The molecule has 154 valence electrons. The van der Waals surface area contributed by atoms with E-state index >= 15 is 0 Å². The van der Waals surface area contributed by atoms with Crippen LogP contribution in [0.1, 0.15) is 23.1 Å². The first-order valence-corrected chi connectivity index (χ1v) is 10.7. The summed E-state index contributed by atoms with van der Waals surface area (Å²) >= 11 is 1.70. The maximum Gasteiger partial charge on any atom is 0.248 e. The lowest BCUT2D eigenvalue weighted by Crippen LogP contribution is -2.07. The van der Waals surface area contributed by atoms with E-state index in [1.165, 1.54) is 17.7 Å². The Morgan fingerprint density at radius 2 is 1.58 bits per heavy atom. The van der Waals surface area contributed by atoms with E-state index in [1.807, 2.05) is 54.6 Å². The topological polar surface area (TPSA) is 71.1 Å². The van der Waals surface area contributed by atoms with Crippen molar-refractivity contribution < 1.29 is 9.59 Å². The first kappa shape index (κ1) is 20.5. The van der Waals surface area contributed by atoms with Crippen molar-refractivity contribution in [1.29, 1.82) is 0 Å². The zero-order valence-corrected chi connectivity index (χ0v) is 17.8. The number of carbonyl (C=O) groups excluding carboxylic acids is 2. The van der Waals surface area contributed by atoms with Crippen molar-refractivity contribution in [3.05, 3.63) is 95.0 Å². The molecule has 4 aromatic rings. The SMILES string of the molecule is CC(=O)Nc1ccc(/C=C/C(=O)Nc2ccc(Cc3nc4ccccc4s3)cc2)cc1. The number of hydrogen-bond acceptors (Lipinski definition) is 4. The Balaban J connectivity index is 1.33. The molecule has 5 nitrogen and oxygen atoms in total. The van der Waals surface area contributed by atoms with Gasteiger partial charge in [-0.15, -0.1) is 11.3 Å². The van der Waals surface area contributed by atoms with Gasteiger partial charge in [-0.25, -0.2) is 4.98 Å². The summed E-state index contributed by atoms with van der Waals surface area (Å²) in [4.78, 5) is 27.9. The summed E-state index contributed by atoms with van der Waals surface area (Å²) in [6.07, 6.45) is 3.98. The summed E-state index contributed by atoms with van der Waals surface area (Å²) in [5, 5.41) is 6.65. The number of nitrogens with zero attached hydrogens (tertiary/aromatic N) is 1. The second-order valence-corrected chi connectivity index (χ2v) is 8.19. The molecule has 4 rings (SSSR count). The first-order valence-electron chi connectivity index (χ1n) is 9.85. The van der Waals surface area contributed by atoms with Gasteiger partial charge in [-0.2, -0.15) is 0 Å². The van der Waals surface area contributed by atoms with Crippen molar-refractivity contribution in [3.63, 3.8) is 0 Å².